The van der Waals surface area contributed by atoms with Crippen molar-refractivity contribution in [3.63, 3.8) is 0 Å². The van der Waals surface area contributed by atoms with Crippen molar-refractivity contribution < 1.29 is 14.3 Å². The Morgan fingerprint density at radius 1 is 1.50 bits per heavy atom. The number of carbonyl (C=O) groups is 1. The number of hydrogen-bond donors (Lipinski definition) is 0. The molecule has 1 heterocycles. The Morgan fingerprint density at radius 3 is 2.81 bits per heavy atom. The molecule has 1 atom stereocenters. The first-order valence-corrected chi connectivity index (χ1v) is 5.24. The summed E-state index contributed by atoms with van der Waals surface area (Å²) in [5.41, 5.74) is 0.444. The second-order valence-corrected chi connectivity index (χ2v) is 3.83. The van der Waals surface area contributed by atoms with Crippen LogP contribution >= 0.6 is 0 Å². The van der Waals surface area contributed by atoms with Gasteiger partial charge in [-0.15, -0.1) is 0 Å². The Hall–Kier alpha value is -1.77. The van der Waals surface area contributed by atoms with E-state index in [0.29, 0.717) is 17.9 Å². The highest BCUT2D eigenvalue weighted by Crippen LogP contribution is 2.43. The number of fused-ring (bicyclic) bond motifs is 1. The zero-order valence-electron chi connectivity index (χ0n) is 9.45. The summed E-state index contributed by atoms with van der Waals surface area (Å²) in [4.78, 5) is 11.8. The largest absolute Gasteiger partial charge is 0.470 e. The monoisotopic (exact) mass is 218 g/mol. The van der Waals surface area contributed by atoms with E-state index in [1.807, 2.05) is 24.3 Å². The van der Waals surface area contributed by atoms with Gasteiger partial charge < -0.3 is 9.47 Å². The molecule has 1 aliphatic rings. The van der Waals surface area contributed by atoms with E-state index in [9.17, 15) is 4.79 Å². The van der Waals surface area contributed by atoms with Crippen LogP contribution in [0.25, 0.3) is 5.57 Å². The topological polar surface area (TPSA) is 35.5 Å². The molecule has 0 saturated heterocycles. The molecule has 3 heteroatoms. The zero-order chi connectivity index (χ0) is 11.8. The van der Waals surface area contributed by atoms with Gasteiger partial charge in [0.25, 0.3) is 0 Å². The average molecular weight is 218 g/mol. The highest BCUT2D eigenvalue weighted by atomic mass is 16.6. The lowest BCUT2D eigenvalue weighted by Gasteiger charge is -2.22. The zero-order valence-corrected chi connectivity index (χ0v) is 9.45. The van der Waals surface area contributed by atoms with Crippen molar-refractivity contribution in [2.75, 3.05) is 6.61 Å². The van der Waals surface area contributed by atoms with Crippen molar-refractivity contribution in [1.29, 1.82) is 0 Å². The predicted molar refractivity (Wildman–Crippen MR) is 61.1 cm³/mol. The van der Waals surface area contributed by atoms with Gasteiger partial charge in [-0.3, -0.25) is 0 Å². The van der Waals surface area contributed by atoms with Gasteiger partial charge in [0.1, 0.15) is 5.75 Å². The molecule has 0 aliphatic carbocycles. The van der Waals surface area contributed by atoms with Crippen molar-refractivity contribution in [3.8, 4) is 5.75 Å². The number of hydrogen-bond acceptors (Lipinski definition) is 3. The Kier molecular flexibility index (Phi) is 2.46. The summed E-state index contributed by atoms with van der Waals surface area (Å²) >= 11 is 0. The molecule has 0 N–H and O–H groups in total. The van der Waals surface area contributed by atoms with Crippen LogP contribution in [0.4, 0.5) is 0 Å². The molecular weight excluding hydrogens is 204 g/mol. The highest BCUT2D eigenvalue weighted by molar-refractivity contribution is 5.99. The Balaban J connectivity index is 2.37. The minimum Gasteiger partial charge on any atom is -0.470 e. The fourth-order valence-electron chi connectivity index (χ4n) is 1.78. The van der Waals surface area contributed by atoms with Crippen molar-refractivity contribution in [2.24, 2.45) is 0 Å². The fraction of sp³-hybridized carbons (Fsp3) is 0.308. The highest BCUT2D eigenvalue weighted by Gasteiger charge is 2.46. The van der Waals surface area contributed by atoms with Crippen molar-refractivity contribution in [1.82, 2.24) is 0 Å². The first-order valence-electron chi connectivity index (χ1n) is 5.24. The maximum atomic E-state index is 11.8. The third-order valence-electron chi connectivity index (χ3n) is 2.77. The molecule has 0 amide bonds. The Bertz CT molecular complexity index is 450. The molecule has 84 valence electrons. The number of carbonyl (C=O) groups excluding carboxylic acids is 1. The lowest BCUT2D eigenvalue weighted by molar-refractivity contribution is -0.154. The minimum atomic E-state index is -1.08. The van der Waals surface area contributed by atoms with Gasteiger partial charge in [0, 0.05) is 11.1 Å². The number of para-hydroxylation sites is 1. The predicted octanol–water partition coefficient (Wildman–Crippen LogP) is 2.41. The van der Waals surface area contributed by atoms with Crippen LogP contribution in [0.2, 0.25) is 0 Å². The molecular formula is C13H14O3. The van der Waals surface area contributed by atoms with Gasteiger partial charge in [0.05, 0.1) is 6.61 Å². The van der Waals surface area contributed by atoms with Gasteiger partial charge in [-0.1, -0.05) is 24.8 Å². The summed E-state index contributed by atoms with van der Waals surface area (Å²) in [5.74, 6) is 0.291. The molecule has 0 aromatic heterocycles. The van der Waals surface area contributed by atoms with Crippen LogP contribution in [0.15, 0.2) is 30.8 Å². The standard InChI is InChI=1S/C13H14O3/c1-4-15-12(14)13(3)9(2)10-7-5-6-8-11(10)16-13/h5-8H,2,4H2,1,3H3. The number of ether oxygens (including phenoxy) is 2. The first-order chi connectivity index (χ1) is 7.59. The van der Waals surface area contributed by atoms with E-state index in [0.717, 1.165) is 5.56 Å². The van der Waals surface area contributed by atoms with E-state index >= 15 is 0 Å². The first kappa shape index (κ1) is 10.7. The summed E-state index contributed by atoms with van der Waals surface area (Å²) in [7, 11) is 0. The van der Waals surface area contributed by atoms with Gasteiger partial charge in [-0.2, -0.15) is 0 Å². The molecule has 0 radical (unpaired) electrons. The van der Waals surface area contributed by atoms with Gasteiger partial charge in [0.2, 0.25) is 5.60 Å². The van der Waals surface area contributed by atoms with Crippen LogP contribution in [-0.4, -0.2) is 18.2 Å². The van der Waals surface area contributed by atoms with Crippen LogP contribution in [0.5, 0.6) is 5.75 Å². The summed E-state index contributed by atoms with van der Waals surface area (Å²) < 4.78 is 10.7. The van der Waals surface area contributed by atoms with Crippen molar-refractivity contribution in [2.45, 2.75) is 19.4 Å². The smallest absolute Gasteiger partial charge is 0.354 e. The van der Waals surface area contributed by atoms with Crippen LogP contribution in [0.3, 0.4) is 0 Å². The summed E-state index contributed by atoms with van der Waals surface area (Å²) in [5, 5.41) is 0. The molecule has 0 saturated carbocycles. The normalized spacial score (nSPS) is 22.5. The van der Waals surface area contributed by atoms with E-state index in [1.54, 1.807) is 13.8 Å². The van der Waals surface area contributed by atoms with Gasteiger partial charge in [0.15, 0.2) is 0 Å². The van der Waals surface area contributed by atoms with Gasteiger partial charge in [-0.05, 0) is 19.9 Å². The third kappa shape index (κ3) is 1.40. The summed E-state index contributed by atoms with van der Waals surface area (Å²) in [6.45, 7) is 7.72. The molecule has 3 nitrogen and oxygen atoms in total. The summed E-state index contributed by atoms with van der Waals surface area (Å²) in [6, 6.07) is 7.47. The van der Waals surface area contributed by atoms with Crippen LogP contribution in [0, 0.1) is 0 Å². The maximum absolute atomic E-state index is 11.8. The fourth-order valence-corrected chi connectivity index (χ4v) is 1.78. The van der Waals surface area contributed by atoms with Crippen molar-refractivity contribution in [3.05, 3.63) is 36.4 Å². The molecule has 0 bridgehead atoms. The van der Waals surface area contributed by atoms with Gasteiger partial charge in [-0.25, -0.2) is 4.79 Å². The molecule has 0 fully saturated rings. The minimum absolute atomic E-state index is 0.335. The van der Waals surface area contributed by atoms with Crippen LogP contribution in [0.1, 0.15) is 19.4 Å². The number of rotatable bonds is 2. The summed E-state index contributed by atoms with van der Waals surface area (Å²) in [6.07, 6.45) is 0. The SMILES string of the molecule is C=C1c2ccccc2OC1(C)C(=O)OCC. The van der Waals surface area contributed by atoms with Crippen LogP contribution < -0.4 is 4.74 Å². The quantitative estimate of drug-likeness (QED) is 0.715. The second kappa shape index (κ2) is 3.67. The average Bonchev–Trinajstić information content (AvgIpc) is 2.54. The molecule has 1 aliphatic heterocycles. The molecule has 1 aromatic carbocycles. The lowest BCUT2D eigenvalue weighted by Crippen LogP contribution is -2.40. The molecule has 1 unspecified atom stereocenters. The third-order valence-corrected chi connectivity index (χ3v) is 2.77. The van der Waals surface area contributed by atoms with E-state index in [4.69, 9.17) is 9.47 Å². The molecule has 2 rings (SSSR count). The van der Waals surface area contributed by atoms with E-state index in [2.05, 4.69) is 6.58 Å². The van der Waals surface area contributed by atoms with E-state index in [-0.39, 0.29) is 0 Å². The number of esters is 1. The van der Waals surface area contributed by atoms with Crippen molar-refractivity contribution >= 4 is 11.5 Å². The lowest BCUT2D eigenvalue weighted by atomic mass is 9.94. The molecule has 1 aromatic rings. The van der Waals surface area contributed by atoms with E-state index < -0.39 is 11.6 Å². The van der Waals surface area contributed by atoms with Gasteiger partial charge >= 0.3 is 5.97 Å². The second-order valence-electron chi connectivity index (χ2n) is 3.83. The number of benzene rings is 1. The Labute approximate surface area is 94.7 Å². The maximum Gasteiger partial charge on any atom is 0.354 e. The Morgan fingerprint density at radius 2 is 2.19 bits per heavy atom. The van der Waals surface area contributed by atoms with E-state index in [1.165, 1.54) is 0 Å². The molecule has 16 heavy (non-hydrogen) atoms. The van der Waals surface area contributed by atoms with Crippen LogP contribution in [-0.2, 0) is 9.53 Å². The molecule has 0 spiro atoms.